The summed E-state index contributed by atoms with van der Waals surface area (Å²) in [4.78, 5) is 5.97. The molecular weight excluding hydrogens is 294 g/mol. The second-order valence-electron chi connectivity index (χ2n) is 6.50. The van der Waals surface area contributed by atoms with Gasteiger partial charge in [0.25, 0.3) is 6.43 Å². The van der Waals surface area contributed by atoms with Crippen LogP contribution in [0.15, 0.2) is 0 Å². The van der Waals surface area contributed by atoms with Gasteiger partial charge >= 0.3 is 0 Å². The fraction of sp³-hybridized carbons (Fsp3) is 0.800. The summed E-state index contributed by atoms with van der Waals surface area (Å²) < 4.78 is 29.0. The predicted octanol–water partition coefficient (Wildman–Crippen LogP) is 3.52. The summed E-state index contributed by atoms with van der Waals surface area (Å²) in [5.41, 5.74) is 1.11. The Morgan fingerprint density at radius 3 is 2.67 bits per heavy atom. The Balaban J connectivity index is 1.94. The quantitative estimate of drug-likeness (QED) is 0.745. The molecule has 0 atom stereocenters. The third-order valence-corrected chi connectivity index (χ3v) is 4.40. The smallest absolute Gasteiger partial charge is 0.261 e. The van der Waals surface area contributed by atoms with Crippen LogP contribution in [0.4, 0.5) is 8.78 Å². The van der Waals surface area contributed by atoms with E-state index in [1.165, 1.54) is 17.7 Å². The van der Waals surface area contributed by atoms with Gasteiger partial charge in [-0.3, -0.25) is 0 Å². The van der Waals surface area contributed by atoms with Crippen LogP contribution in [0.2, 0.25) is 0 Å². The van der Waals surface area contributed by atoms with Crippen LogP contribution in [-0.2, 0) is 23.1 Å². The summed E-state index contributed by atoms with van der Waals surface area (Å²) >= 11 is 1.67. The summed E-state index contributed by atoms with van der Waals surface area (Å²) in [5, 5.41) is 4.49. The Kier molecular flexibility index (Phi) is 5.68. The van der Waals surface area contributed by atoms with E-state index in [1.54, 1.807) is 11.3 Å². The van der Waals surface area contributed by atoms with Gasteiger partial charge in [-0.25, -0.2) is 13.8 Å². The molecule has 1 fully saturated rings. The molecule has 0 radical (unpaired) electrons. The van der Waals surface area contributed by atoms with Gasteiger partial charge in [0.1, 0.15) is 6.61 Å². The second-order valence-corrected chi connectivity index (χ2v) is 7.67. The Morgan fingerprint density at radius 1 is 1.38 bits per heavy atom. The molecule has 0 aromatic carbocycles. The summed E-state index contributed by atoms with van der Waals surface area (Å²) in [6.45, 7) is 7.12. The number of ether oxygens (including phenoxy) is 1. The molecule has 1 aromatic heterocycles. The number of halogens is 2. The van der Waals surface area contributed by atoms with Gasteiger partial charge in [-0.2, -0.15) is 0 Å². The number of hydrogen-bond donors (Lipinski definition) is 1. The zero-order valence-electron chi connectivity index (χ0n) is 12.9. The summed E-state index contributed by atoms with van der Waals surface area (Å²) in [7, 11) is 0. The number of thiazole rings is 1. The van der Waals surface area contributed by atoms with E-state index >= 15 is 0 Å². The van der Waals surface area contributed by atoms with Crippen LogP contribution in [0.1, 0.15) is 49.2 Å². The van der Waals surface area contributed by atoms with Crippen LogP contribution in [0.5, 0.6) is 0 Å². The van der Waals surface area contributed by atoms with Gasteiger partial charge in [0.2, 0.25) is 0 Å². The van der Waals surface area contributed by atoms with Crippen LogP contribution in [0, 0.1) is 0 Å². The number of nitrogens with one attached hydrogen (secondary N) is 1. The van der Waals surface area contributed by atoms with Crippen LogP contribution in [0.3, 0.4) is 0 Å². The van der Waals surface area contributed by atoms with Crippen molar-refractivity contribution >= 4 is 11.3 Å². The molecule has 1 aliphatic rings. The molecule has 2 rings (SSSR count). The van der Waals surface area contributed by atoms with E-state index < -0.39 is 13.0 Å². The fourth-order valence-corrected chi connectivity index (χ4v) is 3.28. The normalized spacial score (nSPS) is 15.9. The van der Waals surface area contributed by atoms with Gasteiger partial charge in [0, 0.05) is 29.3 Å². The molecule has 1 aliphatic carbocycles. The molecule has 3 nitrogen and oxygen atoms in total. The van der Waals surface area contributed by atoms with E-state index in [0.29, 0.717) is 19.1 Å². The molecule has 120 valence electrons. The minimum Gasteiger partial charge on any atom is -0.375 e. The SMILES string of the molecule is CC(C)(C)c1nc(CCOCC(F)F)sc1CNC1CC1. The van der Waals surface area contributed by atoms with Crippen LogP contribution in [-0.4, -0.2) is 30.7 Å². The highest BCUT2D eigenvalue weighted by Gasteiger charge is 2.25. The molecule has 21 heavy (non-hydrogen) atoms. The first-order chi connectivity index (χ1) is 9.86. The van der Waals surface area contributed by atoms with Crippen molar-refractivity contribution in [2.45, 2.75) is 64.5 Å². The second kappa shape index (κ2) is 7.11. The monoisotopic (exact) mass is 318 g/mol. The van der Waals surface area contributed by atoms with Gasteiger partial charge in [0.15, 0.2) is 0 Å². The van der Waals surface area contributed by atoms with Crippen molar-refractivity contribution in [2.75, 3.05) is 13.2 Å². The highest BCUT2D eigenvalue weighted by molar-refractivity contribution is 7.11. The lowest BCUT2D eigenvalue weighted by molar-refractivity contribution is 0.0187. The number of rotatable bonds is 8. The van der Waals surface area contributed by atoms with Crippen LogP contribution in [0.25, 0.3) is 0 Å². The average Bonchev–Trinajstić information content (AvgIpc) is 3.10. The topological polar surface area (TPSA) is 34.1 Å². The van der Waals surface area contributed by atoms with Crippen molar-refractivity contribution in [1.29, 1.82) is 0 Å². The van der Waals surface area contributed by atoms with Crippen molar-refractivity contribution < 1.29 is 13.5 Å². The van der Waals surface area contributed by atoms with Gasteiger partial charge in [-0.15, -0.1) is 11.3 Å². The first-order valence-electron chi connectivity index (χ1n) is 7.44. The van der Waals surface area contributed by atoms with E-state index in [1.807, 2.05) is 0 Å². The molecule has 0 unspecified atom stereocenters. The summed E-state index contributed by atoms with van der Waals surface area (Å²) in [6.07, 6.45) is 0.726. The minimum atomic E-state index is -2.40. The molecule has 6 heteroatoms. The molecule has 1 aromatic rings. The predicted molar refractivity (Wildman–Crippen MR) is 81.2 cm³/mol. The van der Waals surface area contributed by atoms with Gasteiger partial charge in [-0.1, -0.05) is 20.8 Å². The molecule has 1 saturated carbocycles. The third-order valence-electron chi connectivity index (χ3n) is 3.28. The molecule has 0 aliphatic heterocycles. The summed E-state index contributed by atoms with van der Waals surface area (Å²) in [6, 6.07) is 0.665. The molecule has 0 amide bonds. The van der Waals surface area contributed by atoms with Crippen LogP contribution < -0.4 is 5.32 Å². The maximum Gasteiger partial charge on any atom is 0.261 e. The lowest BCUT2D eigenvalue weighted by Crippen LogP contribution is -2.20. The average molecular weight is 318 g/mol. The number of alkyl halides is 2. The molecule has 0 saturated heterocycles. The Bertz CT molecular complexity index is 453. The van der Waals surface area contributed by atoms with E-state index in [9.17, 15) is 8.78 Å². The zero-order valence-corrected chi connectivity index (χ0v) is 13.7. The molecular formula is C15H24F2N2OS. The highest BCUT2D eigenvalue weighted by Crippen LogP contribution is 2.31. The third kappa shape index (κ3) is 5.60. The lowest BCUT2D eigenvalue weighted by Gasteiger charge is -2.17. The maximum absolute atomic E-state index is 12.0. The van der Waals surface area contributed by atoms with Crippen molar-refractivity contribution in [3.63, 3.8) is 0 Å². The van der Waals surface area contributed by atoms with E-state index in [2.05, 4.69) is 26.1 Å². The van der Waals surface area contributed by atoms with Gasteiger partial charge in [0.05, 0.1) is 17.3 Å². The maximum atomic E-state index is 12.0. The number of aromatic nitrogens is 1. The largest absolute Gasteiger partial charge is 0.375 e. The molecule has 0 bridgehead atoms. The van der Waals surface area contributed by atoms with Crippen LogP contribution >= 0.6 is 11.3 Å². The van der Waals surface area contributed by atoms with Crippen molar-refractivity contribution in [1.82, 2.24) is 10.3 Å². The van der Waals surface area contributed by atoms with Gasteiger partial charge in [-0.05, 0) is 12.8 Å². The Morgan fingerprint density at radius 2 is 2.10 bits per heavy atom. The van der Waals surface area contributed by atoms with E-state index in [-0.39, 0.29) is 5.41 Å². The zero-order chi connectivity index (χ0) is 15.5. The van der Waals surface area contributed by atoms with Crippen molar-refractivity contribution in [3.05, 3.63) is 15.6 Å². The fourth-order valence-electron chi connectivity index (χ4n) is 2.07. The highest BCUT2D eigenvalue weighted by atomic mass is 32.1. The number of hydrogen-bond acceptors (Lipinski definition) is 4. The van der Waals surface area contributed by atoms with Crippen molar-refractivity contribution in [3.8, 4) is 0 Å². The summed E-state index contributed by atoms with van der Waals surface area (Å²) in [5.74, 6) is 0. The molecule has 0 spiro atoms. The van der Waals surface area contributed by atoms with E-state index in [4.69, 9.17) is 9.72 Å². The number of nitrogens with zero attached hydrogens (tertiary/aromatic N) is 1. The minimum absolute atomic E-state index is 0.000849. The first-order valence-corrected chi connectivity index (χ1v) is 8.26. The Hall–Kier alpha value is -0.590. The standard InChI is InChI=1S/C15H24F2N2OS/c1-15(2,3)14-11(8-18-10-4-5-10)21-13(19-14)6-7-20-9-12(16)17/h10,12,18H,4-9H2,1-3H3. The Labute approximate surface area is 129 Å². The lowest BCUT2D eigenvalue weighted by atomic mass is 9.91. The first kappa shape index (κ1) is 16.8. The molecule has 1 heterocycles. The van der Waals surface area contributed by atoms with Gasteiger partial charge < -0.3 is 10.1 Å². The van der Waals surface area contributed by atoms with E-state index in [0.717, 1.165) is 17.2 Å². The molecule has 1 N–H and O–H groups in total. The van der Waals surface area contributed by atoms with Crippen molar-refractivity contribution in [2.24, 2.45) is 0 Å².